The fourth-order valence-corrected chi connectivity index (χ4v) is 4.37. The molecular weight excluding hydrogens is 326 g/mol. The van der Waals surface area contributed by atoms with Crippen molar-refractivity contribution in [2.24, 2.45) is 0 Å². The van der Waals surface area contributed by atoms with E-state index in [1.807, 2.05) is 19.1 Å². The van der Waals surface area contributed by atoms with Crippen molar-refractivity contribution in [3.8, 4) is 11.3 Å². The summed E-state index contributed by atoms with van der Waals surface area (Å²) in [5, 5.41) is 7.49. The van der Waals surface area contributed by atoms with Gasteiger partial charge in [-0.05, 0) is 31.0 Å². The number of hydrogen-bond donors (Lipinski definition) is 1. The number of aromatic nitrogens is 3. The normalized spacial score (nSPS) is 17.5. The van der Waals surface area contributed by atoms with Crippen LogP contribution in [0.5, 0.6) is 0 Å². The highest BCUT2D eigenvalue weighted by Gasteiger charge is 2.31. The summed E-state index contributed by atoms with van der Waals surface area (Å²) in [6, 6.07) is 5.91. The van der Waals surface area contributed by atoms with E-state index in [9.17, 15) is 8.42 Å². The smallest absolute Gasteiger partial charge is 0.281 e. The van der Waals surface area contributed by atoms with Crippen LogP contribution >= 0.6 is 0 Å². The van der Waals surface area contributed by atoms with Gasteiger partial charge in [-0.2, -0.15) is 22.1 Å². The van der Waals surface area contributed by atoms with E-state index in [0.29, 0.717) is 25.6 Å². The van der Waals surface area contributed by atoms with Gasteiger partial charge in [0.2, 0.25) is 0 Å². The number of nitrogens with zero attached hydrogens (tertiary/aromatic N) is 4. The first-order chi connectivity index (χ1) is 11.5. The highest BCUT2D eigenvalue weighted by molar-refractivity contribution is 7.86. The Labute approximate surface area is 142 Å². The molecule has 3 heterocycles. The molecule has 1 saturated heterocycles. The Kier molecular flexibility index (Phi) is 4.98. The van der Waals surface area contributed by atoms with Crippen molar-refractivity contribution in [3.05, 3.63) is 36.3 Å². The van der Waals surface area contributed by atoms with Crippen LogP contribution in [0.3, 0.4) is 0 Å². The molecule has 0 spiro atoms. The molecule has 130 valence electrons. The van der Waals surface area contributed by atoms with Crippen LogP contribution in [0.2, 0.25) is 0 Å². The molecule has 1 fully saturated rings. The van der Waals surface area contributed by atoms with Crippen molar-refractivity contribution in [1.82, 2.24) is 23.8 Å². The van der Waals surface area contributed by atoms with Crippen molar-refractivity contribution in [2.45, 2.75) is 25.7 Å². The zero-order valence-corrected chi connectivity index (χ0v) is 14.8. The van der Waals surface area contributed by atoms with E-state index < -0.39 is 10.2 Å². The molecule has 1 aliphatic rings. The molecule has 0 saturated carbocycles. The second-order valence-corrected chi connectivity index (χ2v) is 8.08. The minimum atomic E-state index is -3.32. The second kappa shape index (κ2) is 7.00. The first-order valence-electron chi connectivity index (χ1n) is 8.19. The quantitative estimate of drug-likeness (QED) is 0.893. The van der Waals surface area contributed by atoms with Gasteiger partial charge in [0.25, 0.3) is 10.2 Å². The Hall–Kier alpha value is -1.77. The topological polar surface area (TPSA) is 82.2 Å². The van der Waals surface area contributed by atoms with Gasteiger partial charge in [-0.1, -0.05) is 6.92 Å². The van der Waals surface area contributed by atoms with Crippen LogP contribution in [-0.2, 0) is 10.2 Å². The molecule has 2 aromatic heterocycles. The Morgan fingerprint density at radius 1 is 1.29 bits per heavy atom. The summed E-state index contributed by atoms with van der Waals surface area (Å²) < 4.78 is 27.7. The van der Waals surface area contributed by atoms with Gasteiger partial charge < -0.3 is 0 Å². The summed E-state index contributed by atoms with van der Waals surface area (Å²) in [7, 11) is -1.70. The molecule has 1 aliphatic heterocycles. The van der Waals surface area contributed by atoms with Crippen molar-refractivity contribution in [2.75, 3.05) is 26.7 Å². The third kappa shape index (κ3) is 3.35. The second-order valence-electron chi connectivity index (χ2n) is 6.04. The summed E-state index contributed by atoms with van der Waals surface area (Å²) in [4.78, 5) is 4.02. The molecule has 3 rings (SSSR count). The number of rotatable bonds is 5. The van der Waals surface area contributed by atoms with E-state index in [1.165, 1.54) is 4.31 Å². The van der Waals surface area contributed by atoms with E-state index in [0.717, 1.165) is 29.8 Å². The van der Waals surface area contributed by atoms with Gasteiger partial charge in [0.15, 0.2) is 0 Å². The Balaban J connectivity index is 1.67. The standard InChI is InChI=1S/C16H23N5O2S/c1-3-20(2)24(22,23)21-10-6-14(7-11-21)16-12-15(18-19-16)13-4-8-17-9-5-13/h4-5,8-9,12,14H,3,6-7,10-11H2,1-2H3,(H,18,19). The maximum absolute atomic E-state index is 12.4. The van der Waals surface area contributed by atoms with Gasteiger partial charge in [-0.25, -0.2) is 0 Å². The zero-order valence-electron chi connectivity index (χ0n) is 14.0. The fourth-order valence-electron chi connectivity index (χ4n) is 2.97. The molecule has 2 aromatic rings. The van der Waals surface area contributed by atoms with Crippen LogP contribution < -0.4 is 0 Å². The Morgan fingerprint density at radius 2 is 1.96 bits per heavy atom. The van der Waals surface area contributed by atoms with E-state index >= 15 is 0 Å². The van der Waals surface area contributed by atoms with Crippen LogP contribution in [0.1, 0.15) is 31.4 Å². The summed E-state index contributed by atoms with van der Waals surface area (Å²) in [5.74, 6) is 0.312. The first-order valence-corrected chi connectivity index (χ1v) is 9.59. The minimum Gasteiger partial charge on any atom is -0.282 e. The average molecular weight is 349 g/mol. The molecule has 8 heteroatoms. The Bertz CT molecular complexity index is 767. The van der Waals surface area contributed by atoms with Gasteiger partial charge in [-0.3, -0.25) is 10.1 Å². The SMILES string of the molecule is CCN(C)S(=O)(=O)N1CCC(c2cc(-c3ccncc3)n[nH]2)CC1. The first kappa shape index (κ1) is 17.1. The lowest BCUT2D eigenvalue weighted by molar-refractivity contribution is 0.295. The monoisotopic (exact) mass is 349 g/mol. The predicted molar refractivity (Wildman–Crippen MR) is 92.6 cm³/mol. The van der Waals surface area contributed by atoms with Crippen LogP contribution in [-0.4, -0.2) is 58.9 Å². The number of nitrogens with one attached hydrogen (secondary N) is 1. The van der Waals surface area contributed by atoms with Gasteiger partial charge >= 0.3 is 0 Å². The van der Waals surface area contributed by atoms with Crippen molar-refractivity contribution in [1.29, 1.82) is 0 Å². The number of H-pyrrole nitrogens is 1. The van der Waals surface area contributed by atoms with Crippen molar-refractivity contribution < 1.29 is 8.42 Å². The third-order valence-corrected chi connectivity index (χ3v) is 6.70. The maximum atomic E-state index is 12.4. The molecule has 0 aliphatic carbocycles. The molecule has 0 radical (unpaired) electrons. The molecule has 1 N–H and O–H groups in total. The van der Waals surface area contributed by atoms with Crippen LogP contribution in [0, 0.1) is 0 Å². The van der Waals surface area contributed by atoms with Crippen LogP contribution in [0.25, 0.3) is 11.3 Å². The average Bonchev–Trinajstić information content (AvgIpc) is 3.12. The molecule has 0 bridgehead atoms. The Morgan fingerprint density at radius 3 is 2.58 bits per heavy atom. The predicted octanol–water partition coefficient (Wildman–Crippen LogP) is 1.85. The minimum absolute atomic E-state index is 0.312. The molecular formula is C16H23N5O2S. The lowest BCUT2D eigenvalue weighted by Gasteiger charge is -2.33. The van der Waals surface area contributed by atoms with Crippen molar-refractivity contribution >= 4 is 10.2 Å². The van der Waals surface area contributed by atoms with E-state index in [-0.39, 0.29) is 0 Å². The van der Waals surface area contributed by atoms with Crippen LogP contribution in [0.15, 0.2) is 30.6 Å². The van der Waals surface area contributed by atoms with Gasteiger partial charge in [0.1, 0.15) is 0 Å². The zero-order chi connectivity index (χ0) is 17.2. The fraction of sp³-hybridized carbons (Fsp3) is 0.500. The van der Waals surface area contributed by atoms with Crippen molar-refractivity contribution in [3.63, 3.8) is 0 Å². The molecule has 7 nitrogen and oxygen atoms in total. The lowest BCUT2D eigenvalue weighted by Crippen LogP contribution is -2.45. The largest absolute Gasteiger partial charge is 0.282 e. The summed E-state index contributed by atoms with van der Waals surface area (Å²) in [6.45, 7) is 3.41. The molecule has 0 unspecified atom stereocenters. The highest BCUT2D eigenvalue weighted by atomic mass is 32.2. The van der Waals surface area contributed by atoms with E-state index in [1.54, 1.807) is 23.7 Å². The number of aromatic amines is 1. The maximum Gasteiger partial charge on any atom is 0.281 e. The molecule has 0 aromatic carbocycles. The third-order valence-electron chi connectivity index (χ3n) is 4.63. The number of hydrogen-bond acceptors (Lipinski definition) is 4. The van der Waals surface area contributed by atoms with Gasteiger partial charge in [-0.15, -0.1) is 0 Å². The van der Waals surface area contributed by atoms with E-state index in [2.05, 4.69) is 21.2 Å². The molecule has 0 amide bonds. The number of pyridine rings is 1. The van der Waals surface area contributed by atoms with E-state index in [4.69, 9.17) is 0 Å². The summed E-state index contributed by atoms with van der Waals surface area (Å²) in [5.41, 5.74) is 2.99. The molecule has 24 heavy (non-hydrogen) atoms. The van der Waals surface area contributed by atoms with Crippen LogP contribution in [0.4, 0.5) is 0 Å². The van der Waals surface area contributed by atoms with Gasteiger partial charge in [0, 0.05) is 56.3 Å². The highest BCUT2D eigenvalue weighted by Crippen LogP contribution is 2.30. The molecule has 0 atom stereocenters. The summed E-state index contributed by atoms with van der Waals surface area (Å²) in [6.07, 6.45) is 5.10. The summed E-state index contributed by atoms with van der Waals surface area (Å²) >= 11 is 0. The van der Waals surface area contributed by atoms with Gasteiger partial charge in [0.05, 0.1) is 5.69 Å². The lowest BCUT2D eigenvalue weighted by atomic mass is 9.94. The number of piperidine rings is 1.